The van der Waals surface area contributed by atoms with Crippen molar-refractivity contribution in [2.45, 2.75) is 31.2 Å². The van der Waals surface area contributed by atoms with E-state index in [0.717, 1.165) is 12.3 Å². The number of rotatable bonds is 6. The molecule has 1 N–H and O–H groups in total. The van der Waals surface area contributed by atoms with Gasteiger partial charge in [-0.05, 0) is 25.1 Å². The molecule has 0 heterocycles. The fourth-order valence-corrected chi connectivity index (χ4v) is 2.42. The molecule has 1 aromatic rings. The number of hydrogen-bond acceptors (Lipinski definition) is 2. The highest BCUT2D eigenvalue weighted by molar-refractivity contribution is 7.99. The summed E-state index contributed by atoms with van der Waals surface area (Å²) in [4.78, 5) is 1.36. The highest BCUT2D eigenvalue weighted by Gasteiger charge is 2.04. The summed E-state index contributed by atoms with van der Waals surface area (Å²) in [7, 11) is 0. The second-order valence-electron chi connectivity index (χ2n) is 3.29. The van der Waals surface area contributed by atoms with Crippen LogP contribution in [0.4, 0.5) is 0 Å². The molecule has 0 bridgehead atoms. The Labute approximate surface area is 91.3 Å². The van der Waals surface area contributed by atoms with Gasteiger partial charge in [-0.25, -0.2) is 0 Å². The lowest BCUT2D eigenvalue weighted by atomic mass is 10.2. The molecule has 78 valence electrons. The third-order valence-corrected chi connectivity index (χ3v) is 3.35. The van der Waals surface area contributed by atoms with E-state index < -0.39 is 0 Å². The molecule has 1 unspecified atom stereocenters. The molecule has 0 saturated heterocycles. The SMILES string of the molecule is CCNC(CC)CSc1ccccc1. The molecule has 0 amide bonds. The van der Waals surface area contributed by atoms with Crippen LogP contribution in [0.3, 0.4) is 0 Å². The number of benzene rings is 1. The first kappa shape index (κ1) is 11.6. The van der Waals surface area contributed by atoms with Gasteiger partial charge in [-0.3, -0.25) is 0 Å². The Kier molecular flexibility index (Phi) is 5.72. The van der Waals surface area contributed by atoms with Gasteiger partial charge in [0.15, 0.2) is 0 Å². The predicted molar refractivity (Wildman–Crippen MR) is 64.9 cm³/mol. The van der Waals surface area contributed by atoms with Crippen molar-refractivity contribution >= 4 is 11.8 Å². The third-order valence-electron chi connectivity index (χ3n) is 2.18. The standard InChI is InChI=1S/C12H19NS/c1-3-11(13-4-2)10-14-12-8-6-5-7-9-12/h5-9,11,13H,3-4,10H2,1-2H3. The average molecular weight is 209 g/mol. The molecular weight excluding hydrogens is 190 g/mol. The third kappa shape index (κ3) is 4.16. The van der Waals surface area contributed by atoms with Crippen LogP contribution in [-0.2, 0) is 0 Å². The van der Waals surface area contributed by atoms with E-state index in [1.54, 1.807) is 0 Å². The van der Waals surface area contributed by atoms with E-state index in [2.05, 4.69) is 49.5 Å². The van der Waals surface area contributed by atoms with Crippen molar-refractivity contribution in [2.24, 2.45) is 0 Å². The fourth-order valence-electron chi connectivity index (χ4n) is 1.32. The van der Waals surface area contributed by atoms with Crippen molar-refractivity contribution < 1.29 is 0 Å². The van der Waals surface area contributed by atoms with Crippen molar-refractivity contribution in [2.75, 3.05) is 12.3 Å². The highest BCUT2D eigenvalue weighted by Crippen LogP contribution is 2.18. The first-order valence-corrected chi connectivity index (χ1v) is 6.26. The van der Waals surface area contributed by atoms with Gasteiger partial charge < -0.3 is 5.32 Å². The topological polar surface area (TPSA) is 12.0 Å². The van der Waals surface area contributed by atoms with E-state index in [1.807, 2.05) is 11.8 Å². The predicted octanol–water partition coefficient (Wildman–Crippen LogP) is 3.17. The zero-order chi connectivity index (χ0) is 10.2. The van der Waals surface area contributed by atoms with Crippen LogP contribution in [0.15, 0.2) is 35.2 Å². The van der Waals surface area contributed by atoms with Crippen LogP contribution in [0.5, 0.6) is 0 Å². The Morgan fingerprint density at radius 3 is 2.50 bits per heavy atom. The van der Waals surface area contributed by atoms with Gasteiger partial charge in [-0.1, -0.05) is 32.0 Å². The van der Waals surface area contributed by atoms with E-state index in [9.17, 15) is 0 Å². The van der Waals surface area contributed by atoms with Gasteiger partial charge in [-0.2, -0.15) is 0 Å². The minimum Gasteiger partial charge on any atom is -0.313 e. The minimum absolute atomic E-state index is 0.644. The molecule has 0 aliphatic carbocycles. The van der Waals surface area contributed by atoms with Gasteiger partial charge in [0.25, 0.3) is 0 Å². The van der Waals surface area contributed by atoms with Crippen molar-refractivity contribution in [1.82, 2.24) is 5.32 Å². The maximum atomic E-state index is 3.48. The van der Waals surface area contributed by atoms with Gasteiger partial charge in [0.2, 0.25) is 0 Å². The summed E-state index contributed by atoms with van der Waals surface area (Å²) in [5.41, 5.74) is 0. The van der Waals surface area contributed by atoms with Crippen LogP contribution >= 0.6 is 11.8 Å². The summed E-state index contributed by atoms with van der Waals surface area (Å²) in [5, 5.41) is 3.48. The zero-order valence-corrected chi connectivity index (χ0v) is 9.81. The normalized spacial score (nSPS) is 12.7. The smallest absolute Gasteiger partial charge is 0.0158 e. The van der Waals surface area contributed by atoms with Gasteiger partial charge in [0, 0.05) is 16.7 Å². The lowest BCUT2D eigenvalue weighted by Crippen LogP contribution is -2.30. The molecular formula is C12H19NS. The molecule has 0 fully saturated rings. The van der Waals surface area contributed by atoms with Crippen LogP contribution in [-0.4, -0.2) is 18.3 Å². The first-order valence-electron chi connectivity index (χ1n) is 5.28. The molecule has 2 heteroatoms. The molecule has 0 aliphatic heterocycles. The van der Waals surface area contributed by atoms with Crippen LogP contribution in [0.25, 0.3) is 0 Å². The van der Waals surface area contributed by atoms with E-state index in [4.69, 9.17) is 0 Å². The molecule has 1 rings (SSSR count). The molecule has 0 saturated carbocycles. The molecule has 1 atom stereocenters. The van der Waals surface area contributed by atoms with E-state index in [0.29, 0.717) is 6.04 Å². The fraction of sp³-hybridized carbons (Fsp3) is 0.500. The van der Waals surface area contributed by atoms with Crippen LogP contribution in [0.1, 0.15) is 20.3 Å². The summed E-state index contributed by atoms with van der Waals surface area (Å²) in [5.74, 6) is 1.16. The second kappa shape index (κ2) is 6.91. The molecule has 0 aliphatic rings. The van der Waals surface area contributed by atoms with Gasteiger partial charge >= 0.3 is 0 Å². The molecule has 1 aromatic carbocycles. The average Bonchev–Trinajstić information content (AvgIpc) is 2.25. The van der Waals surface area contributed by atoms with Crippen LogP contribution in [0.2, 0.25) is 0 Å². The van der Waals surface area contributed by atoms with Gasteiger partial charge in [-0.15, -0.1) is 11.8 Å². The zero-order valence-electron chi connectivity index (χ0n) is 8.99. The van der Waals surface area contributed by atoms with Crippen molar-refractivity contribution in [1.29, 1.82) is 0 Å². The summed E-state index contributed by atoms with van der Waals surface area (Å²) < 4.78 is 0. The van der Waals surface area contributed by atoms with Crippen molar-refractivity contribution in [3.63, 3.8) is 0 Å². The van der Waals surface area contributed by atoms with E-state index >= 15 is 0 Å². The maximum Gasteiger partial charge on any atom is 0.0158 e. The molecule has 1 nitrogen and oxygen atoms in total. The van der Waals surface area contributed by atoms with Crippen LogP contribution in [0, 0.1) is 0 Å². The summed E-state index contributed by atoms with van der Waals surface area (Å²) in [6.45, 7) is 5.46. The number of nitrogens with one attached hydrogen (secondary N) is 1. The van der Waals surface area contributed by atoms with Crippen molar-refractivity contribution in [3.05, 3.63) is 30.3 Å². The summed E-state index contributed by atoms with van der Waals surface area (Å²) in [6, 6.07) is 11.2. The minimum atomic E-state index is 0.644. The quantitative estimate of drug-likeness (QED) is 0.722. The lowest BCUT2D eigenvalue weighted by Gasteiger charge is -2.14. The van der Waals surface area contributed by atoms with Gasteiger partial charge in [0.1, 0.15) is 0 Å². The Morgan fingerprint density at radius 1 is 1.21 bits per heavy atom. The van der Waals surface area contributed by atoms with E-state index in [1.165, 1.54) is 11.3 Å². The highest BCUT2D eigenvalue weighted by atomic mass is 32.2. The molecule has 0 radical (unpaired) electrons. The molecule has 0 spiro atoms. The number of thioether (sulfide) groups is 1. The molecule has 0 aromatic heterocycles. The Balaban J connectivity index is 2.32. The first-order chi connectivity index (χ1) is 6.86. The Hall–Kier alpha value is -0.470. The van der Waals surface area contributed by atoms with Gasteiger partial charge in [0.05, 0.1) is 0 Å². The Bertz CT molecular complexity index is 235. The molecule has 14 heavy (non-hydrogen) atoms. The second-order valence-corrected chi connectivity index (χ2v) is 4.38. The number of hydrogen-bond donors (Lipinski definition) is 1. The van der Waals surface area contributed by atoms with Crippen molar-refractivity contribution in [3.8, 4) is 0 Å². The van der Waals surface area contributed by atoms with Crippen LogP contribution < -0.4 is 5.32 Å². The summed E-state index contributed by atoms with van der Waals surface area (Å²) >= 11 is 1.93. The van der Waals surface area contributed by atoms with E-state index in [-0.39, 0.29) is 0 Å². The monoisotopic (exact) mass is 209 g/mol. The largest absolute Gasteiger partial charge is 0.313 e. The summed E-state index contributed by atoms with van der Waals surface area (Å²) in [6.07, 6.45) is 1.20. The maximum absolute atomic E-state index is 3.48. The Morgan fingerprint density at radius 2 is 1.93 bits per heavy atom. The lowest BCUT2D eigenvalue weighted by molar-refractivity contribution is 0.560.